The lowest BCUT2D eigenvalue weighted by Crippen LogP contribution is -2.28. The molecular weight excluding hydrogens is 381 g/mol. The average molecular weight is 400 g/mol. The van der Waals surface area contributed by atoms with Crippen LogP contribution >= 0.6 is 23.2 Å². The van der Waals surface area contributed by atoms with Crippen LogP contribution in [-0.2, 0) is 14.6 Å². The van der Waals surface area contributed by atoms with E-state index in [1.807, 2.05) is 6.92 Å². The van der Waals surface area contributed by atoms with Crippen molar-refractivity contribution >= 4 is 38.9 Å². The Bertz CT molecular complexity index is 864. The van der Waals surface area contributed by atoms with E-state index >= 15 is 0 Å². The Balaban J connectivity index is 1.95. The predicted octanol–water partition coefficient (Wildman–Crippen LogP) is 4.34. The molecule has 0 bridgehead atoms. The fourth-order valence-corrected chi connectivity index (χ4v) is 3.82. The van der Waals surface area contributed by atoms with Gasteiger partial charge in [0.25, 0.3) is 0 Å². The molecule has 0 fully saturated rings. The average Bonchev–Trinajstić information content (AvgIpc) is 2.56. The summed E-state index contributed by atoms with van der Waals surface area (Å²) in [4.78, 5) is 12.3. The van der Waals surface area contributed by atoms with Gasteiger partial charge in [-0.3, -0.25) is 4.79 Å². The van der Waals surface area contributed by atoms with Crippen LogP contribution in [0.3, 0.4) is 0 Å². The van der Waals surface area contributed by atoms with Gasteiger partial charge in [-0.1, -0.05) is 47.0 Å². The van der Waals surface area contributed by atoms with E-state index in [2.05, 4.69) is 5.32 Å². The molecule has 25 heavy (non-hydrogen) atoms. The van der Waals surface area contributed by atoms with Crippen molar-refractivity contribution in [1.29, 1.82) is 0 Å². The number of rotatable bonds is 6. The van der Waals surface area contributed by atoms with Gasteiger partial charge in [0.05, 0.1) is 26.7 Å². The number of carbonyl (C=O) groups is 1. The molecule has 2 aromatic carbocycles. The lowest BCUT2D eigenvalue weighted by molar-refractivity contribution is -0.121. The first-order valence-corrected chi connectivity index (χ1v) is 10.1. The molecule has 0 spiro atoms. The smallest absolute Gasteiger partial charge is 0.221 e. The van der Waals surface area contributed by atoms with Crippen LogP contribution in [-0.4, -0.2) is 20.1 Å². The van der Waals surface area contributed by atoms with E-state index in [0.717, 1.165) is 11.1 Å². The van der Waals surface area contributed by atoms with Crippen molar-refractivity contribution in [2.24, 2.45) is 0 Å². The van der Waals surface area contributed by atoms with Crippen molar-refractivity contribution < 1.29 is 13.2 Å². The number of benzene rings is 2. The summed E-state index contributed by atoms with van der Waals surface area (Å²) in [6, 6.07) is 11.4. The molecule has 7 heteroatoms. The van der Waals surface area contributed by atoms with Crippen LogP contribution in [0.2, 0.25) is 10.0 Å². The third kappa shape index (κ3) is 5.46. The van der Waals surface area contributed by atoms with Crippen LogP contribution < -0.4 is 5.32 Å². The minimum absolute atomic E-state index is 0.109. The summed E-state index contributed by atoms with van der Waals surface area (Å²) in [6.45, 7) is 3.68. The zero-order chi connectivity index (χ0) is 18.6. The second-order valence-corrected chi connectivity index (χ2v) is 8.77. The molecule has 1 amide bonds. The van der Waals surface area contributed by atoms with Crippen LogP contribution in [0.1, 0.15) is 30.5 Å². The summed E-state index contributed by atoms with van der Waals surface area (Å²) in [6.07, 6.45) is -0.109. The first-order chi connectivity index (χ1) is 11.7. The quantitative estimate of drug-likeness (QED) is 0.785. The molecular formula is C18H19Cl2NO3S. The lowest BCUT2D eigenvalue weighted by atomic mass is 10.1. The Labute approximate surface area is 158 Å². The summed E-state index contributed by atoms with van der Waals surface area (Å²) >= 11 is 11.8. The number of amides is 1. The standard InChI is InChI=1S/C18H19Cl2NO3S/c1-12-3-6-15(7-4-12)25(23,24)10-9-18(22)21-13(2)14-5-8-16(19)17(20)11-14/h3-8,11,13H,9-10H2,1-2H3,(H,21,22). The highest BCUT2D eigenvalue weighted by atomic mass is 35.5. The van der Waals surface area contributed by atoms with Gasteiger partial charge in [-0.15, -0.1) is 0 Å². The van der Waals surface area contributed by atoms with Gasteiger partial charge in [-0.05, 0) is 43.7 Å². The zero-order valence-electron chi connectivity index (χ0n) is 13.9. The number of carbonyl (C=O) groups excluding carboxylic acids is 1. The number of hydrogen-bond acceptors (Lipinski definition) is 3. The van der Waals surface area contributed by atoms with Crippen LogP contribution in [0.25, 0.3) is 0 Å². The second kappa shape index (κ2) is 8.21. The van der Waals surface area contributed by atoms with Gasteiger partial charge >= 0.3 is 0 Å². The molecule has 0 aliphatic carbocycles. The first-order valence-electron chi connectivity index (χ1n) is 7.73. The summed E-state index contributed by atoms with van der Waals surface area (Å²) in [5, 5.41) is 3.61. The third-order valence-corrected chi connectivity index (χ3v) is 6.27. The largest absolute Gasteiger partial charge is 0.350 e. The minimum atomic E-state index is -3.48. The van der Waals surface area contributed by atoms with Gasteiger partial charge in [0, 0.05) is 6.42 Å². The molecule has 1 atom stereocenters. The molecule has 0 aliphatic rings. The van der Waals surface area contributed by atoms with Gasteiger partial charge in [0.15, 0.2) is 9.84 Å². The Morgan fingerprint density at radius 3 is 2.32 bits per heavy atom. The Kier molecular flexibility index (Phi) is 6.49. The topological polar surface area (TPSA) is 63.2 Å². The van der Waals surface area contributed by atoms with Crippen LogP contribution in [0.4, 0.5) is 0 Å². The molecule has 1 unspecified atom stereocenters. The molecule has 0 saturated carbocycles. The molecule has 0 heterocycles. The molecule has 0 radical (unpaired) electrons. The van der Waals surface area contributed by atoms with Gasteiger partial charge in [0.2, 0.25) is 5.91 Å². The zero-order valence-corrected chi connectivity index (χ0v) is 16.3. The van der Waals surface area contributed by atoms with Gasteiger partial charge in [-0.25, -0.2) is 8.42 Å². The number of sulfone groups is 1. The predicted molar refractivity (Wildman–Crippen MR) is 101 cm³/mol. The van der Waals surface area contributed by atoms with Crippen molar-refractivity contribution in [3.05, 3.63) is 63.6 Å². The molecule has 1 N–H and O–H groups in total. The monoisotopic (exact) mass is 399 g/mol. The van der Waals surface area contributed by atoms with Crippen molar-refractivity contribution in [2.45, 2.75) is 31.2 Å². The third-order valence-electron chi connectivity index (χ3n) is 3.80. The maximum atomic E-state index is 12.3. The molecule has 0 aliphatic heterocycles. The summed E-state index contributed by atoms with van der Waals surface area (Å²) in [5.74, 6) is -0.579. The van der Waals surface area contributed by atoms with Crippen LogP contribution in [0.15, 0.2) is 47.4 Å². The second-order valence-electron chi connectivity index (χ2n) is 5.84. The summed E-state index contributed by atoms with van der Waals surface area (Å²) in [7, 11) is -3.48. The number of aryl methyl sites for hydroxylation is 1. The number of halogens is 2. The summed E-state index contributed by atoms with van der Waals surface area (Å²) in [5.41, 5.74) is 1.77. The highest BCUT2D eigenvalue weighted by molar-refractivity contribution is 7.91. The minimum Gasteiger partial charge on any atom is -0.350 e. The van der Waals surface area contributed by atoms with E-state index in [1.165, 1.54) is 0 Å². The SMILES string of the molecule is Cc1ccc(S(=O)(=O)CCC(=O)NC(C)c2ccc(Cl)c(Cl)c2)cc1. The summed E-state index contributed by atoms with van der Waals surface area (Å²) < 4.78 is 24.5. The van der Waals surface area contributed by atoms with Crippen molar-refractivity contribution in [3.63, 3.8) is 0 Å². The molecule has 2 aromatic rings. The van der Waals surface area contributed by atoms with Crippen LogP contribution in [0, 0.1) is 6.92 Å². The van der Waals surface area contributed by atoms with Gasteiger partial charge in [0.1, 0.15) is 0 Å². The van der Waals surface area contributed by atoms with Gasteiger partial charge < -0.3 is 5.32 Å². The molecule has 0 saturated heterocycles. The normalized spacial score (nSPS) is 12.6. The van der Waals surface area contributed by atoms with E-state index in [-0.39, 0.29) is 29.0 Å². The van der Waals surface area contributed by atoms with E-state index in [0.29, 0.717) is 10.0 Å². The van der Waals surface area contributed by atoms with Crippen molar-refractivity contribution in [1.82, 2.24) is 5.32 Å². The Morgan fingerprint density at radius 2 is 1.72 bits per heavy atom. The molecule has 134 valence electrons. The lowest BCUT2D eigenvalue weighted by Gasteiger charge is -2.15. The van der Waals surface area contributed by atoms with E-state index in [9.17, 15) is 13.2 Å². The molecule has 4 nitrogen and oxygen atoms in total. The Morgan fingerprint density at radius 1 is 1.08 bits per heavy atom. The fourth-order valence-electron chi connectivity index (χ4n) is 2.27. The molecule has 2 rings (SSSR count). The maximum absolute atomic E-state index is 12.3. The van der Waals surface area contributed by atoms with E-state index in [4.69, 9.17) is 23.2 Å². The van der Waals surface area contributed by atoms with Crippen molar-refractivity contribution in [3.8, 4) is 0 Å². The number of nitrogens with one attached hydrogen (secondary N) is 1. The van der Waals surface area contributed by atoms with Gasteiger partial charge in [-0.2, -0.15) is 0 Å². The number of hydrogen-bond donors (Lipinski definition) is 1. The fraction of sp³-hybridized carbons (Fsp3) is 0.278. The molecule has 0 aromatic heterocycles. The van der Waals surface area contributed by atoms with E-state index < -0.39 is 9.84 Å². The maximum Gasteiger partial charge on any atom is 0.221 e. The van der Waals surface area contributed by atoms with Crippen LogP contribution in [0.5, 0.6) is 0 Å². The van der Waals surface area contributed by atoms with E-state index in [1.54, 1.807) is 49.4 Å². The highest BCUT2D eigenvalue weighted by Gasteiger charge is 2.18. The first kappa shape index (κ1) is 19.8. The van der Waals surface area contributed by atoms with Crippen molar-refractivity contribution in [2.75, 3.05) is 5.75 Å². The Hall–Kier alpha value is -1.56. The highest BCUT2D eigenvalue weighted by Crippen LogP contribution is 2.25.